The lowest BCUT2D eigenvalue weighted by Gasteiger charge is -2.06. The first-order valence-corrected chi connectivity index (χ1v) is 6.03. The van der Waals surface area contributed by atoms with E-state index in [1.165, 1.54) is 6.07 Å². The molecule has 0 spiro atoms. The van der Waals surface area contributed by atoms with Crippen LogP contribution in [0.3, 0.4) is 0 Å². The zero-order chi connectivity index (χ0) is 13.8. The van der Waals surface area contributed by atoms with Crippen molar-refractivity contribution in [1.82, 2.24) is 9.78 Å². The van der Waals surface area contributed by atoms with E-state index in [1.54, 1.807) is 23.7 Å². The van der Waals surface area contributed by atoms with Gasteiger partial charge in [0.25, 0.3) is 5.69 Å². The van der Waals surface area contributed by atoms with Crippen molar-refractivity contribution in [2.24, 2.45) is 7.05 Å². The molecule has 0 atom stereocenters. The minimum Gasteiger partial charge on any atom is -0.385 e. The first-order chi connectivity index (χ1) is 9.06. The second-order valence-electron chi connectivity index (χ2n) is 4.42. The highest BCUT2D eigenvalue weighted by Gasteiger charge is 2.09. The number of aromatic nitrogens is 2. The molecule has 6 nitrogen and oxygen atoms in total. The van der Waals surface area contributed by atoms with Gasteiger partial charge in [-0.3, -0.25) is 14.8 Å². The Kier molecular flexibility index (Phi) is 3.79. The minimum atomic E-state index is -0.368. The van der Waals surface area contributed by atoms with Crippen LogP contribution in [0.1, 0.15) is 11.3 Å². The molecular formula is C13H16N4O2. The van der Waals surface area contributed by atoms with Gasteiger partial charge >= 0.3 is 0 Å². The van der Waals surface area contributed by atoms with E-state index >= 15 is 0 Å². The molecule has 0 aliphatic heterocycles. The van der Waals surface area contributed by atoms with Crippen LogP contribution >= 0.6 is 0 Å². The van der Waals surface area contributed by atoms with Gasteiger partial charge in [-0.25, -0.2) is 0 Å². The van der Waals surface area contributed by atoms with Crippen molar-refractivity contribution in [2.75, 3.05) is 11.9 Å². The molecule has 1 aromatic heterocycles. The lowest BCUT2D eigenvalue weighted by molar-refractivity contribution is -0.385. The molecule has 19 heavy (non-hydrogen) atoms. The predicted octanol–water partition coefficient (Wildman–Crippen LogP) is 2.29. The van der Waals surface area contributed by atoms with Gasteiger partial charge in [0.1, 0.15) is 0 Å². The summed E-state index contributed by atoms with van der Waals surface area (Å²) in [6.45, 7) is 2.48. The first kappa shape index (κ1) is 13.1. The van der Waals surface area contributed by atoms with Gasteiger partial charge in [-0.1, -0.05) is 0 Å². The van der Waals surface area contributed by atoms with Gasteiger partial charge in [0.05, 0.1) is 10.6 Å². The Morgan fingerprint density at radius 2 is 2.21 bits per heavy atom. The van der Waals surface area contributed by atoms with Gasteiger partial charge in [0, 0.05) is 43.5 Å². The van der Waals surface area contributed by atoms with Gasteiger partial charge < -0.3 is 5.32 Å². The Hall–Kier alpha value is -2.37. The number of nitro groups is 1. The van der Waals surface area contributed by atoms with Crippen LogP contribution in [0.2, 0.25) is 0 Å². The van der Waals surface area contributed by atoms with E-state index in [0.717, 1.165) is 24.3 Å². The number of nitro benzene ring substituents is 1. The van der Waals surface area contributed by atoms with Crippen molar-refractivity contribution >= 4 is 11.4 Å². The molecule has 6 heteroatoms. The molecular weight excluding hydrogens is 244 g/mol. The van der Waals surface area contributed by atoms with E-state index in [0.29, 0.717) is 5.56 Å². The summed E-state index contributed by atoms with van der Waals surface area (Å²) in [6, 6.07) is 7.02. The average Bonchev–Trinajstić information content (AvgIpc) is 2.75. The van der Waals surface area contributed by atoms with Crippen LogP contribution in [0.15, 0.2) is 30.5 Å². The summed E-state index contributed by atoms with van der Waals surface area (Å²) in [7, 11) is 1.89. The molecule has 0 aliphatic carbocycles. The second-order valence-corrected chi connectivity index (χ2v) is 4.42. The fourth-order valence-corrected chi connectivity index (χ4v) is 1.90. The van der Waals surface area contributed by atoms with Gasteiger partial charge in [0.2, 0.25) is 0 Å². The molecule has 0 unspecified atom stereocenters. The van der Waals surface area contributed by atoms with E-state index in [9.17, 15) is 10.1 Å². The van der Waals surface area contributed by atoms with Crippen molar-refractivity contribution in [3.05, 3.63) is 51.8 Å². The quantitative estimate of drug-likeness (QED) is 0.661. The Bertz CT molecular complexity index is 592. The molecule has 1 aromatic carbocycles. The highest BCUT2D eigenvalue weighted by atomic mass is 16.6. The third-order valence-electron chi connectivity index (χ3n) is 2.87. The molecule has 0 fully saturated rings. The zero-order valence-corrected chi connectivity index (χ0v) is 11.0. The fourth-order valence-electron chi connectivity index (χ4n) is 1.90. The topological polar surface area (TPSA) is 73.0 Å². The predicted molar refractivity (Wildman–Crippen MR) is 73.2 cm³/mol. The largest absolute Gasteiger partial charge is 0.385 e. The maximum Gasteiger partial charge on any atom is 0.272 e. The van der Waals surface area contributed by atoms with E-state index < -0.39 is 0 Å². The lowest BCUT2D eigenvalue weighted by Crippen LogP contribution is -2.06. The first-order valence-electron chi connectivity index (χ1n) is 6.03. The van der Waals surface area contributed by atoms with Crippen molar-refractivity contribution < 1.29 is 4.92 Å². The summed E-state index contributed by atoms with van der Waals surface area (Å²) in [6.07, 6.45) is 2.72. The van der Waals surface area contributed by atoms with Crippen molar-refractivity contribution in [2.45, 2.75) is 13.3 Å². The minimum absolute atomic E-state index is 0.148. The van der Waals surface area contributed by atoms with E-state index in [1.807, 2.05) is 19.3 Å². The maximum atomic E-state index is 10.7. The van der Waals surface area contributed by atoms with Crippen LogP contribution in [-0.4, -0.2) is 21.2 Å². The van der Waals surface area contributed by atoms with E-state index in [-0.39, 0.29) is 10.6 Å². The number of anilines is 1. The zero-order valence-electron chi connectivity index (χ0n) is 11.0. The number of hydrogen-bond acceptors (Lipinski definition) is 4. The molecule has 1 N–H and O–H groups in total. The number of rotatable bonds is 5. The van der Waals surface area contributed by atoms with Crippen molar-refractivity contribution in [1.29, 1.82) is 0 Å². The molecule has 100 valence electrons. The Labute approximate surface area is 111 Å². The van der Waals surface area contributed by atoms with Gasteiger partial charge in [-0.2, -0.15) is 5.10 Å². The molecule has 0 radical (unpaired) electrons. The number of nitrogens with zero attached hydrogens (tertiary/aromatic N) is 3. The summed E-state index contributed by atoms with van der Waals surface area (Å²) >= 11 is 0. The molecule has 2 aromatic rings. The summed E-state index contributed by atoms with van der Waals surface area (Å²) in [5, 5.41) is 18.2. The SMILES string of the molecule is Cc1cc(NCCc2ccn(C)n2)ccc1[N+](=O)[O-]. The summed E-state index contributed by atoms with van der Waals surface area (Å²) < 4.78 is 1.77. The Morgan fingerprint density at radius 3 is 2.79 bits per heavy atom. The summed E-state index contributed by atoms with van der Waals surface area (Å²) in [4.78, 5) is 10.3. The van der Waals surface area contributed by atoms with Crippen LogP contribution in [0.5, 0.6) is 0 Å². The normalized spacial score (nSPS) is 10.4. The van der Waals surface area contributed by atoms with E-state index in [4.69, 9.17) is 0 Å². The standard InChI is InChI=1S/C13H16N4O2/c1-10-9-12(3-4-13(10)17(18)19)14-7-5-11-6-8-16(2)15-11/h3-4,6,8-9,14H,5,7H2,1-2H3. The van der Waals surface area contributed by atoms with Crippen molar-refractivity contribution in [3.63, 3.8) is 0 Å². The van der Waals surface area contributed by atoms with Gasteiger partial charge in [-0.15, -0.1) is 0 Å². The van der Waals surface area contributed by atoms with Crippen LogP contribution in [0.4, 0.5) is 11.4 Å². The van der Waals surface area contributed by atoms with Crippen LogP contribution in [0, 0.1) is 17.0 Å². The molecule has 0 aliphatic rings. The average molecular weight is 260 g/mol. The highest BCUT2D eigenvalue weighted by molar-refractivity contribution is 5.53. The highest BCUT2D eigenvalue weighted by Crippen LogP contribution is 2.21. The van der Waals surface area contributed by atoms with Crippen LogP contribution < -0.4 is 5.32 Å². The van der Waals surface area contributed by atoms with Gasteiger partial charge in [0.15, 0.2) is 0 Å². The van der Waals surface area contributed by atoms with Crippen molar-refractivity contribution in [3.8, 4) is 0 Å². The third kappa shape index (κ3) is 3.31. The molecule has 0 saturated heterocycles. The number of hydrogen-bond donors (Lipinski definition) is 1. The van der Waals surface area contributed by atoms with Crippen LogP contribution in [-0.2, 0) is 13.5 Å². The van der Waals surface area contributed by atoms with Gasteiger partial charge in [-0.05, 0) is 25.1 Å². The smallest absolute Gasteiger partial charge is 0.272 e. The molecule has 1 heterocycles. The Balaban J connectivity index is 1.93. The summed E-state index contributed by atoms with van der Waals surface area (Å²) in [5.74, 6) is 0. The second kappa shape index (κ2) is 5.51. The molecule has 0 saturated carbocycles. The summed E-state index contributed by atoms with van der Waals surface area (Å²) in [5.41, 5.74) is 2.72. The molecule has 0 amide bonds. The number of benzene rings is 1. The number of aryl methyl sites for hydroxylation is 2. The van der Waals surface area contributed by atoms with Crippen LogP contribution in [0.25, 0.3) is 0 Å². The maximum absolute atomic E-state index is 10.7. The lowest BCUT2D eigenvalue weighted by atomic mass is 10.2. The number of nitrogens with one attached hydrogen (secondary N) is 1. The monoisotopic (exact) mass is 260 g/mol. The fraction of sp³-hybridized carbons (Fsp3) is 0.308. The Morgan fingerprint density at radius 1 is 1.42 bits per heavy atom. The van der Waals surface area contributed by atoms with E-state index in [2.05, 4.69) is 10.4 Å². The molecule has 0 bridgehead atoms. The third-order valence-corrected chi connectivity index (χ3v) is 2.87. The molecule has 2 rings (SSSR count).